The van der Waals surface area contributed by atoms with Crippen LogP contribution in [0, 0.1) is 24.1 Å². The predicted octanol–water partition coefficient (Wildman–Crippen LogP) is 6.08. The van der Waals surface area contributed by atoms with E-state index in [-0.39, 0.29) is 5.75 Å². The van der Waals surface area contributed by atoms with E-state index in [9.17, 15) is 9.65 Å². The van der Waals surface area contributed by atoms with Gasteiger partial charge in [-0.1, -0.05) is 23.7 Å². The Morgan fingerprint density at radius 1 is 1.24 bits per heavy atom. The number of allylic oxidation sites excluding steroid dienone is 1. The minimum atomic E-state index is -0.508. The molecule has 5 nitrogen and oxygen atoms in total. The van der Waals surface area contributed by atoms with E-state index in [2.05, 4.69) is 39.6 Å². The number of nitriles is 1. The van der Waals surface area contributed by atoms with E-state index in [0.29, 0.717) is 16.9 Å². The van der Waals surface area contributed by atoms with Gasteiger partial charge in [0.2, 0.25) is 5.88 Å². The minimum absolute atomic E-state index is 0.112. The van der Waals surface area contributed by atoms with Gasteiger partial charge in [-0.25, -0.2) is 9.37 Å². The molecule has 0 atom stereocenters. The summed E-state index contributed by atoms with van der Waals surface area (Å²) in [4.78, 5) is 6.77. The van der Waals surface area contributed by atoms with Gasteiger partial charge < -0.3 is 9.30 Å². The van der Waals surface area contributed by atoms with Gasteiger partial charge in [-0.15, -0.1) is 0 Å². The summed E-state index contributed by atoms with van der Waals surface area (Å²) in [6, 6.07) is 11.3. The van der Waals surface area contributed by atoms with Gasteiger partial charge in [-0.3, -0.25) is 4.90 Å². The Bertz CT molecular complexity index is 1270. The van der Waals surface area contributed by atoms with E-state index in [1.54, 1.807) is 12.4 Å². The fourth-order valence-electron chi connectivity index (χ4n) is 4.72. The number of aromatic nitrogens is 2. The molecule has 1 saturated heterocycles. The number of imidazole rings is 1. The zero-order valence-electron chi connectivity index (χ0n) is 18.4. The lowest BCUT2D eigenvalue weighted by Crippen LogP contribution is -2.34. The maximum Gasteiger partial charge on any atom is 0.237 e. The van der Waals surface area contributed by atoms with Crippen LogP contribution < -0.4 is 4.74 Å². The Kier molecular flexibility index (Phi) is 5.92. The average molecular weight is 463 g/mol. The molecule has 2 aromatic carbocycles. The molecule has 1 aromatic heterocycles. The van der Waals surface area contributed by atoms with Crippen LogP contribution in [0.5, 0.6) is 11.6 Å². The number of ether oxygens (including phenoxy) is 1. The van der Waals surface area contributed by atoms with Crippen molar-refractivity contribution >= 4 is 17.7 Å². The highest BCUT2D eigenvalue weighted by atomic mass is 35.5. The van der Waals surface area contributed by atoms with Gasteiger partial charge in [-0.05, 0) is 66.3 Å². The Morgan fingerprint density at radius 2 is 2.06 bits per heavy atom. The van der Waals surface area contributed by atoms with E-state index in [4.69, 9.17) is 16.3 Å². The molecular weight excluding hydrogens is 439 g/mol. The zero-order chi connectivity index (χ0) is 22.9. The van der Waals surface area contributed by atoms with Crippen LogP contribution in [0.1, 0.15) is 41.1 Å². The molecule has 2 heterocycles. The van der Waals surface area contributed by atoms with Crippen LogP contribution in [0.4, 0.5) is 4.39 Å². The third-order valence-corrected chi connectivity index (χ3v) is 6.85. The smallest absolute Gasteiger partial charge is 0.237 e. The first-order valence-electron chi connectivity index (χ1n) is 11.1. The van der Waals surface area contributed by atoms with E-state index >= 15 is 0 Å². The third kappa shape index (κ3) is 4.52. The number of halogens is 2. The van der Waals surface area contributed by atoms with Crippen molar-refractivity contribution in [2.75, 3.05) is 13.1 Å². The number of likely N-dealkylation sites (tertiary alicyclic amines) is 1. The second-order valence-electron chi connectivity index (χ2n) is 8.72. The Balaban J connectivity index is 1.19. The highest BCUT2D eigenvalue weighted by molar-refractivity contribution is 6.30. The van der Waals surface area contributed by atoms with Crippen LogP contribution in [0.25, 0.3) is 6.08 Å². The van der Waals surface area contributed by atoms with Crippen LogP contribution in [-0.4, -0.2) is 27.5 Å². The molecule has 1 fully saturated rings. The molecule has 0 N–H and O–H groups in total. The topological polar surface area (TPSA) is 54.1 Å². The zero-order valence-corrected chi connectivity index (χ0v) is 19.1. The third-order valence-electron chi connectivity index (χ3n) is 6.62. The summed E-state index contributed by atoms with van der Waals surface area (Å²) in [6.45, 7) is 5.05. The summed E-state index contributed by atoms with van der Waals surface area (Å²) >= 11 is 5.80. The van der Waals surface area contributed by atoms with Gasteiger partial charge in [0.05, 0.1) is 18.6 Å². The van der Waals surface area contributed by atoms with Crippen molar-refractivity contribution in [2.24, 2.45) is 0 Å². The second kappa shape index (κ2) is 9.01. The van der Waals surface area contributed by atoms with Crippen molar-refractivity contribution in [3.05, 3.63) is 81.5 Å². The molecule has 0 saturated carbocycles. The standard InChI is InChI=1S/C26H24ClFN4O/c1-17-20(3-2-19-10-18(13-29)11-23(17)19)14-31-8-6-22(7-9-31)32-15-26(30-16-32)33-25-5-4-21(27)12-24(25)28/h2-5,11-12,15-16,22H,6-10,14H2,1H3. The predicted molar refractivity (Wildman–Crippen MR) is 126 cm³/mol. The largest absolute Gasteiger partial charge is 0.434 e. The quantitative estimate of drug-likeness (QED) is 0.461. The first kappa shape index (κ1) is 21.7. The van der Waals surface area contributed by atoms with E-state index < -0.39 is 5.82 Å². The lowest BCUT2D eigenvalue weighted by atomic mass is 9.97. The minimum Gasteiger partial charge on any atom is -0.434 e. The van der Waals surface area contributed by atoms with Gasteiger partial charge in [0.1, 0.15) is 0 Å². The molecule has 5 rings (SSSR count). The van der Waals surface area contributed by atoms with E-state index in [0.717, 1.165) is 44.5 Å². The van der Waals surface area contributed by atoms with Crippen molar-refractivity contribution < 1.29 is 9.13 Å². The summed E-state index contributed by atoms with van der Waals surface area (Å²) in [6.07, 6.45) is 8.39. The van der Waals surface area contributed by atoms with Crippen molar-refractivity contribution in [2.45, 2.75) is 38.8 Å². The number of hydrogen-bond donors (Lipinski definition) is 0. The van der Waals surface area contributed by atoms with Gasteiger partial charge in [0, 0.05) is 42.7 Å². The Hall–Kier alpha value is -3.14. The van der Waals surface area contributed by atoms with Gasteiger partial charge in [0.25, 0.3) is 0 Å². The summed E-state index contributed by atoms with van der Waals surface area (Å²) < 4.78 is 21.7. The molecule has 0 unspecified atom stereocenters. The summed E-state index contributed by atoms with van der Waals surface area (Å²) in [5.74, 6) is -0.0234. The molecule has 0 spiro atoms. The molecule has 0 bridgehead atoms. The van der Waals surface area contributed by atoms with Crippen LogP contribution >= 0.6 is 11.6 Å². The molecule has 1 aliphatic carbocycles. The highest BCUT2D eigenvalue weighted by Gasteiger charge is 2.23. The second-order valence-corrected chi connectivity index (χ2v) is 9.16. The highest BCUT2D eigenvalue weighted by Crippen LogP contribution is 2.32. The van der Waals surface area contributed by atoms with E-state index in [1.807, 2.05) is 12.3 Å². The van der Waals surface area contributed by atoms with Gasteiger partial charge in [-0.2, -0.15) is 5.26 Å². The van der Waals surface area contributed by atoms with Crippen molar-refractivity contribution in [3.8, 4) is 17.7 Å². The van der Waals surface area contributed by atoms with Crippen molar-refractivity contribution in [3.63, 3.8) is 0 Å². The van der Waals surface area contributed by atoms with E-state index in [1.165, 1.54) is 34.4 Å². The first-order valence-corrected chi connectivity index (χ1v) is 11.5. The molecule has 168 valence electrons. The summed E-state index contributed by atoms with van der Waals surface area (Å²) in [5, 5.41) is 9.54. The number of rotatable bonds is 5. The monoisotopic (exact) mass is 462 g/mol. The maximum atomic E-state index is 14.0. The number of nitrogens with zero attached hydrogens (tertiary/aromatic N) is 4. The van der Waals surface area contributed by atoms with Crippen LogP contribution in [0.2, 0.25) is 5.02 Å². The average Bonchev–Trinajstić information content (AvgIpc) is 3.45. The molecular formula is C26H24ClFN4O. The Morgan fingerprint density at radius 3 is 2.82 bits per heavy atom. The van der Waals surface area contributed by atoms with Gasteiger partial charge >= 0.3 is 0 Å². The van der Waals surface area contributed by atoms with Crippen molar-refractivity contribution in [1.82, 2.24) is 14.5 Å². The van der Waals surface area contributed by atoms with Crippen LogP contribution in [-0.2, 0) is 13.0 Å². The molecule has 0 radical (unpaired) electrons. The number of piperidine rings is 1. The summed E-state index contributed by atoms with van der Waals surface area (Å²) in [7, 11) is 0. The van der Waals surface area contributed by atoms with Crippen molar-refractivity contribution in [1.29, 1.82) is 5.26 Å². The molecule has 3 aromatic rings. The number of hydrogen-bond acceptors (Lipinski definition) is 4. The molecule has 7 heteroatoms. The van der Waals surface area contributed by atoms with Gasteiger partial charge in [0.15, 0.2) is 11.6 Å². The number of fused-ring (bicyclic) bond motifs is 1. The molecule has 2 aliphatic rings. The fraction of sp³-hybridized carbons (Fsp3) is 0.308. The molecule has 1 aliphatic heterocycles. The first-order chi connectivity index (χ1) is 16.0. The van der Waals surface area contributed by atoms with Crippen LogP contribution in [0.3, 0.4) is 0 Å². The van der Waals surface area contributed by atoms with Crippen LogP contribution in [0.15, 0.2) is 48.4 Å². The summed E-state index contributed by atoms with van der Waals surface area (Å²) in [5.41, 5.74) is 5.93. The lowest BCUT2D eigenvalue weighted by Gasteiger charge is -2.33. The SMILES string of the molecule is Cc1c(CN2CCC(n3cnc(Oc4ccc(Cl)cc4F)c3)CC2)ccc2c1C=C(C#N)C2. The Labute approximate surface area is 197 Å². The fourth-order valence-corrected chi connectivity index (χ4v) is 4.87. The lowest BCUT2D eigenvalue weighted by molar-refractivity contribution is 0.179. The number of benzene rings is 2. The normalized spacial score (nSPS) is 16.4. The maximum absolute atomic E-state index is 14.0. The molecule has 33 heavy (non-hydrogen) atoms. The molecule has 0 amide bonds.